The van der Waals surface area contributed by atoms with Gasteiger partial charge in [-0.25, -0.2) is 0 Å². The van der Waals surface area contributed by atoms with Gasteiger partial charge in [0.1, 0.15) is 0 Å². The van der Waals surface area contributed by atoms with E-state index in [1.165, 1.54) is 24.0 Å². The van der Waals surface area contributed by atoms with Crippen molar-refractivity contribution < 1.29 is 9.47 Å². The Morgan fingerprint density at radius 3 is 2.29 bits per heavy atom. The Balaban J connectivity index is 2.99. The molecule has 0 spiro atoms. The van der Waals surface area contributed by atoms with Gasteiger partial charge >= 0.3 is 0 Å². The SMILES string of the molecule is CCCCC(Br)c1cc(OC)c(OC)cc1C. The molecule has 0 amide bonds. The lowest BCUT2D eigenvalue weighted by atomic mass is 10.0. The van der Waals surface area contributed by atoms with Crippen molar-refractivity contribution in [3.8, 4) is 11.5 Å². The standard InChI is InChI=1S/C14H21BrO2/c1-5-6-7-12(15)11-9-14(17-4)13(16-3)8-10(11)2/h8-9,12H,5-7H2,1-4H3. The van der Waals surface area contributed by atoms with Crippen LogP contribution in [0.4, 0.5) is 0 Å². The van der Waals surface area contributed by atoms with Crippen molar-refractivity contribution in [2.45, 2.75) is 37.9 Å². The van der Waals surface area contributed by atoms with Gasteiger partial charge in [0.25, 0.3) is 0 Å². The first-order chi connectivity index (χ1) is 8.13. The van der Waals surface area contributed by atoms with E-state index in [1.54, 1.807) is 14.2 Å². The lowest BCUT2D eigenvalue weighted by Gasteiger charge is -2.16. The Labute approximate surface area is 112 Å². The van der Waals surface area contributed by atoms with Crippen LogP contribution in [0.15, 0.2) is 12.1 Å². The van der Waals surface area contributed by atoms with E-state index in [4.69, 9.17) is 9.47 Å². The number of aryl methyl sites for hydroxylation is 1. The van der Waals surface area contributed by atoms with Gasteiger partial charge in [0.15, 0.2) is 11.5 Å². The van der Waals surface area contributed by atoms with Crippen LogP contribution >= 0.6 is 15.9 Å². The predicted octanol–water partition coefficient (Wildman–Crippen LogP) is 4.64. The minimum absolute atomic E-state index is 0.391. The maximum atomic E-state index is 5.34. The monoisotopic (exact) mass is 300 g/mol. The van der Waals surface area contributed by atoms with Crippen molar-refractivity contribution in [1.29, 1.82) is 0 Å². The minimum Gasteiger partial charge on any atom is -0.493 e. The summed E-state index contributed by atoms with van der Waals surface area (Å²) in [6.45, 7) is 4.32. The number of unbranched alkanes of at least 4 members (excludes halogenated alkanes) is 1. The van der Waals surface area contributed by atoms with E-state index in [-0.39, 0.29) is 0 Å². The summed E-state index contributed by atoms with van der Waals surface area (Å²) in [5, 5.41) is 0. The van der Waals surface area contributed by atoms with Gasteiger partial charge in [-0.1, -0.05) is 35.7 Å². The van der Waals surface area contributed by atoms with Gasteiger partial charge < -0.3 is 9.47 Å². The molecular formula is C14H21BrO2. The van der Waals surface area contributed by atoms with Crippen LogP contribution in [0.1, 0.15) is 42.1 Å². The summed E-state index contributed by atoms with van der Waals surface area (Å²) >= 11 is 3.75. The number of hydrogen-bond donors (Lipinski definition) is 0. The Hall–Kier alpha value is -0.700. The molecule has 0 aliphatic heterocycles. The molecular weight excluding hydrogens is 280 g/mol. The van der Waals surface area contributed by atoms with Crippen molar-refractivity contribution >= 4 is 15.9 Å². The van der Waals surface area contributed by atoms with Crippen LogP contribution in [0.2, 0.25) is 0 Å². The summed E-state index contributed by atoms with van der Waals surface area (Å²) in [4.78, 5) is 0.391. The lowest BCUT2D eigenvalue weighted by Crippen LogP contribution is -1.98. The van der Waals surface area contributed by atoms with E-state index in [0.717, 1.165) is 17.9 Å². The molecule has 1 atom stereocenters. The summed E-state index contributed by atoms with van der Waals surface area (Å²) in [5.74, 6) is 1.60. The third-order valence-corrected chi connectivity index (χ3v) is 3.87. The van der Waals surface area contributed by atoms with E-state index in [2.05, 4.69) is 35.8 Å². The second kappa shape index (κ2) is 6.90. The summed E-state index contributed by atoms with van der Waals surface area (Å²) in [7, 11) is 3.34. The van der Waals surface area contributed by atoms with Crippen LogP contribution in [-0.4, -0.2) is 14.2 Å². The van der Waals surface area contributed by atoms with Crippen molar-refractivity contribution in [2.75, 3.05) is 14.2 Å². The predicted molar refractivity (Wildman–Crippen MR) is 75.5 cm³/mol. The lowest BCUT2D eigenvalue weighted by molar-refractivity contribution is 0.354. The quantitative estimate of drug-likeness (QED) is 0.713. The van der Waals surface area contributed by atoms with E-state index in [0.29, 0.717) is 4.83 Å². The number of rotatable bonds is 6. The van der Waals surface area contributed by atoms with Crippen LogP contribution in [-0.2, 0) is 0 Å². The minimum atomic E-state index is 0.391. The number of halogens is 1. The fraction of sp³-hybridized carbons (Fsp3) is 0.571. The topological polar surface area (TPSA) is 18.5 Å². The van der Waals surface area contributed by atoms with Gasteiger partial charge in [-0.2, -0.15) is 0 Å². The third-order valence-electron chi connectivity index (χ3n) is 2.92. The molecule has 2 nitrogen and oxygen atoms in total. The molecule has 0 saturated heterocycles. The van der Waals surface area contributed by atoms with E-state index < -0.39 is 0 Å². The van der Waals surface area contributed by atoms with E-state index >= 15 is 0 Å². The molecule has 1 aromatic carbocycles. The highest BCUT2D eigenvalue weighted by Crippen LogP contribution is 2.37. The van der Waals surface area contributed by atoms with Gasteiger partial charge in [0, 0.05) is 4.83 Å². The Morgan fingerprint density at radius 1 is 1.18 bits per heavy atom. The van der Waals surface area contributed by atoms with Gasteiger partial charge in [-0.15, -0.1) is 0 Å². The van der Waals surface area contributed by atoms with E-state index in [1.807, 2.05) is 6.07 Å². The number of benzene rings is 1. The Kier molecular flexibility index (Phi) is 5.83. The second-order valence-electron chi connectivity index (χ2n) is 4.17. The highest BCUT2D eigenvalue weighted by atomic mass is 79.9. The molecule has 17 heavy (non-hydrogen) atoms. The summed E-state index contributed by atoms with van der Waals surface area (Å²) in [6.07, 6.45) is 3.59. The van der Waals surface area contributed by atoms with Gasteiger partial charge in [-0.3, -0.25) is 0 Å². The number of hydrogen-bond acceptors (Lipinski definition) is 2. The molecule has 0 aliphatic carbocycles. The van der Waals surface area contributed by atoms with Crippen molar-refractivity contribution in [3.63, 3.8) is 0 Å². The zero-order valence-corrected chi connectivity index (χ0v) is 12.6. The number of alkyl halides is 1. The van der Waals surface area contributed by atoms with Gasteiger partial charge in [-0.05, 0) is 36.6 Å². The first kappa shape index (κ1) is 14.4. The first-order valence-corrected chi connectivity index (χ1v) is 6.92. The first-order valence-electron chi connectivity index (χ1n) is 6.00. The normalized spacial score (nSPS) is 12.3. The van der Waals surface area contributed by atoms with Crippen molar-refractivity contribution in [1.82, 2.24) is 0 Å². The largest absolute Gasteiger partial charge is 0.493 e. The number of methoxy groups -OCH3 is 2. The highest BCUT2D eigenvalue weighted by Gasteiger charge is 2.14. The van der Waals surface area contributed by atoms with Crippen LogP contribution in [0, 0.1) is 6.92 Å². The molecule has 3 heteroatoms. The molecule has 0 fully saturated rings. The zero-order valence-electron chi connectivity index (χ0n) is 11.0. The molecule has 0 aliphatic rings. The van der Waals surface area contributed by atoms with Crippen LogP contribution in [0.25, 0.3) is 0 Å². The fourth-order valence-electron chi connectivity index (χ4n) is 1.87. The molecule has 1 unspecified atom stereocenters. The molecule has 96 valence electrons. The molecule has 0 bridgehead atoms. The van der Waals surface area contributed by atoms with Gasteiger partial charge in [0.05, 0.1) is 14.2 Å². The maximum Gasteiger partial charge on any atom is 0.161 e. The third kappa shape index (κ3) is 3.63. The molecule has 0 N–H and O–H groups in total. The Morgan fingerprint density at radius 2 is 1.76 bits per heavy atom. The molecule has 0 aromatic heterocycles. The average Bonchev–Trinajstić information content (AvgIpc) is 2.35. The van der Waals surface area contributed by atoms with Gasteiger partial charge in [0.2, 0.25) is 0 Å². The Bertz CT molecular complexity index is 363. The highest BCUT2D eigenvalue weighted by molar-refractivity contribution is 9.09. The van der Waals surface area contributed by atoms with Crippen molar-refractivity contribution in [3.05, 3.63) is 23.3 Å². The molecule has 1 rings (SSSR count). The molecule has 1 aromatic rings. The average molecular weight is 301 g/mol. The molecule has 0 heterocycles. The summed E-state index contributed by atoms with van der Waals surface area (Å²) < 4.78 is 10.6. The summed E-state index contributed by atoms with van der Waals surface area (Å²) in [5.41, 5.74) is 2.52. The van der Waals surface area contributed by atoms with Crippen LogP contribution in [0.3, 0.4) is 0 Å². The zero-order chi connectivity index (χ0) is 12.8. The fourth-order valence-corrected chi connectivity index (χ4v) is 2.69. The van der Waals surface area contributed by atoms with Crippen LogP contribution < -0.4 is 9.47 Å². The number of ether oxygens (including phenoxy) is 2. The van der Waals surface area contributed by atoms with Crippen LogP contribution in [0.5, 0.6) is 11.5 Å². The molecule has 0 radical (unpaired) electrons. The maximum absolute atomic E-state index is 5.34. The van der Waals surface area contributed by atoms with Crippen molar-refractivity contribution in [2.24, 2.45) is 0 Å². The summed E-state index contributed by atoms with van der Waals surface area (Å²) in [6, 6.07) is 4.11. The van der Waals surface area contributed by atoms with E-state index in [9.17, 15) is 0 Å². The second-order valence-corrected chi connectivity index (χ2v) is 5.28. The smallest absolute Gasteiger partial charge is 0.161 e. The molecule has 0 saturated carbocycles.